The van der Waals surface area contributed by atoms with Crippen LogP contribution in [-0.2, 0) is 4.79 Å². The van der Waals surface area contributed by atoms with E-state index in [9.17, 15) is 4.79 Å². The molecule has 0 aliphatic carbocycles. The topological polar surface area (TPSA) is 29.1 Å². The Balaban J connectivity index is 1.95. The molecule has 19 heavy (non-hydrogen) atoms. The monoisotopic (exact) mass is 269 g/mol. The van der Waals surface area contributed by atoms with Crippen LogP contribution in [0.2, 0.25) is 0 Å². The van der Waals surface area contributed by atoms with Gasteiger partial charge in [-0.25, -0.2) is 0 Å². The van der Waals surface area contributed by atoms with Crippen LogP contribution in [0.3, 0.4) is 0 Å². The first-order valence-corrected chi connectivity index (χ1v) is 7.22. The summed E-state index contributed by atoms with van der Waals surface area (Å²) in [6.45, 7) is 2.08. The van der Waals surface area contributed by atoms with E-state index in [2.05, 4.69) is 42.6 Å². The van der Waals surface area contributed by atoms with E-state index in [-0.39, 0.29) is 11.2 Å². The Kier molecular flexibility index (Phi) is 3.30. The fourth-order valence-electron chi connectivity index (χ4n) is 2.20. The number of nitrogens with one attached hydrogen (secondary N) is 1. The van der Waals surface area contributed by atoms with Crippen LogP contribution in [0.25, 0.3) is 0 Å². The lowest BCUT2D eigenvalue weighted by Crippen LogP contribution is -2.11. The van der Waals surface area contributed by atoms with Crippen LogP contribution in [0, 0.1) is 6.92 Å². The van der Waals surface area contributed by atoms with E-state index in [1.165, 1.54) is 11.1 Å². The van der Waals surface area contributed by atoms with Gasteiger partial charge in [0.15, 0.2) is 0 Å². The van der Waals surface area contributed by atoms with Gasteiger partial charge in [0, 0.05) is 16.6 Å². The van der Waals surface area contributed by atoms with E-state index < -0.39 is 0 Å². The number of benzene rings is 2. The van der Waals surface area contributed by atoms with Gasteiger partial charge in [0.1, 0.15) is 0 Å². The lowest BCUT2D eigenvalue weighted by molar-refractivity contribution is -0.116. The van der Waals surface area contributed by atoms with Crippen molar-refractivity contribution in [2.75, 3.05) is 5.32 Å². The van der Waals surface area contributed by atoms with Crippen molar-refractivity contribution in [2.24, 2.45) is 0 Å². The molecule has 0 aromatic heterocycles. The Morgan fingerprint density at radius 2 is 1.84 bits per heavy atom. The number of carbonyl (C=O) groups is 1. The molecule has 1 aliphatic heterocycles. The standard InChI is InChI=1S/C16H15NOS/c1-11-6-8-12(9-7-11)15-10-16(18)17-13-4-2-3-5-14(13)19-15/h2-9,15H,10H2,1H3,(H,17,18)/t15-/m1/s1. The zero-order chi connectivity index (χ0) is 13.2. The SMILES string of the molecule is Cc1ccc([C@H]2CC(=O)Nc3ccccc3S2)cc1. The molecule has 0 bridgehead atoms. The smallest absolute Gasteiger partial charge is 0.225 e. The molecule has 1 N–H and O–H groups in total. The fraction of sp³-hybridized carbons (Fsp3) is 0.188. The van der Waals surface area contributed by atoms with Gasteiger partial charge >= 0.3 is 0 Å². The average molecular weight is 269 g/mol. The molecule has 2 aromatic carbocycles. The van der Waals surface area contributed by atoms with Gasteiger partial charge in [-0.05, 0) is 24.6 Å². The molecule has 96 valence electrons. The van der Waals surface area contributed by atoms with E-state index in [1.807, 2.05) is 18.2 Å². The lowest BCUT2D eigenvalue weighted by atomic mass is 10.1. The van der Waals surface area contributed by atoms with Crippen molar-refractivity contribution in [1.82, 2.24) is 0 Å². The molecule has 2 nitrogen and oxygen atoms in total. The minimum atomic E-state index is 0.0861. The van der Waals surface area contributed by atoms with Crippen molar-refractivity contribution < 1.29 is 4.79 Å². The number of carbonyl (C=O) groups excluding carboxylic acids is 1. The minimum absolute atomic E-state index is 0.0861. The van der Waals surface area contributed by atoms with E-state index in [0.29, 0.717) is 6.42 Å². The molecule has 3 rings (SSSR count). The van der Waals surface area contributed by atoms with Gasteiger partial charge in [0.25, 0.3) is 0 Å². The zero-order valence-corrected chi connectivity index (χ0v) is 11.5. The van der Waals surface area contributed by atoms with Gasteiger partial charge in [-0.3, -0.25) is 4.79 Å². The molecule has 1 heterocycles. The largest absolute Gasteiger partial charge is 0.325 e. The summed E-state index contributed by atoms with van der Waals surface area (Å²) >= 11 is 1.76. The highest BCUT2D eigenvalue weighted by molar-refractivity contribution is 7.99. The maximum atomic E-state index is 12.0. The zero-order valence-electron chi connectivity index (χ0n) is 10.7. The van der Waals surface area contributed by atoms with Crippen molar-refractivity contribution >= 4 is 23.4 Å². The third-order valence-electron chi connectivity index (χ3n) is 3.25. The number of hydrogen-bond donors (Lipinski definition) is 1. The molecule has 2 aromatic rings. The molecule has 1 atom stereocenters. The maximum absolute atomic E-state index is 12.0. The number of rotatable bonds is 1. The summed E-state index contributed by atoms with van der Waals surface area (Å²) in [4.78, 5) is 13.1. The number of thioether (sulfide) groups is 1. The third kappa shape index (κ3) is 2.66. The Morgan fingerprint density at radius 3 is 2.63 bits per heavy atom. The van der Waals surface area contributed by atoms with Gasteiger partial charge < -0.3 is 5.32 Å². The molecule has 1 amide bonds. The number of hydrogen-bond acceptors (Lipinski definition) is 2. The highest BCUT2D eigenvalue weighted by atomic mass is 32.2. The molecule has 0 saturated heterocycles. The minimum Gasteiger partial charge on any atom is -0.325 e. The van der Waals surface area contributed by atoms with Crippen LogP contribution in [0.15, 0.2) is 53.4 Å². The Morgan fingerprint density at radius 1 is 1.11 bits per heavy atom. The summed E-state index contributed by atoms with van der Waals surface area (Å²) in [6, 6.07) is 16.4. The van der Waals surface area contributed by atoms with Gasteiger partial charge in [0.05, 0.1) is 5.69 Å². The van der Waals surface area contributed by atoms with Crippen LogP contribution in [0.1, 0.15) is 22.8 Å². The second-order valence-electron chi connectivity index (χ2n) is 4.77. The molecular weight excluding hydrogens is 254 g/mol. The summed E-state index contributed by atoms with van der Waals surface area (Å²) in [7, 11) is 0. The van der Waals surface area contributed by atoms with Crippen LogP contribution in [-0.4, -0.2) is 5.91 Å². The third-order valence-corrected chi connectivity index (χ3v) is 4.58. The quantitative estimate of drug-likeness (QED) is 0.841. The molecule has 0 spiro atoms. The van der Waals surface area contributed by atoms with E-state index >= 15 is 0 Å². The molecule has 0 unspecified atom stereocenters. The molecule has 0 fully saturated rings. The van der Waals surface area contributed by atoms with Crippen LogP contribution < -0.4 is 5.32 Å². The summed E-state index contributed by atoms with van der Waals surface area (Å²) in [5.74, 6) is 0.0861. The normalized spacial score (nSPS) is 18.4. The number of aryl methyl sites for hydroxylation is 1. The summed E-state index contributed by atoms with van der Waals surface area (Å²) in [5, 5.41) is 3.16. The van der Waals surface area contributed by atoms with Crippen LogP contribution >= 0.6 is 11.8 Å². The van der Waals surface area contributed by atoms with Crippen LogP contribution in [0.5, 0.6) is 0 Å². The van der Waals surface area contributed by atoms with Gasteiger partial charge in [0.2, 0.25) is 5.91 Å². The van der Waals surface area contributed by atoms with Crippen molar-refractivity contribution in [3.8, 4) is 0 Å². The highest BCUT2D eigenvalue weighted by Gasteiger charge is 2.23. The van der Waals surface area contributed by atoms with Gasteiger partial charge in [-0.15, -0.1) is 11.8 Å². The first-order chi connectivity index (χ1) is 9.22. The number of fused-ring (bicyclic) bond motifs is 1. The molecule has 0 saturated carbocycles. The van der Waals surface area contributed by atoms with Crippen molar-refractivity contribution in [2.45, 2.75) is 23.5 Å². The Bertz CT molecular complexity index is 606. The second-order valence-corrected chi connectivity index (χ2v) is 6.01. The lowest BCUT2D eigenvalue weighted by Gasteiger charge is -2.13. The highest BCUT2D eigenvalue weighted by Crippen LogP contribution is 2.43. The summed E-state index contributed by atoms with van der Waals surface area (Å²) in [5.41, 5.74) is 3.38. The Labute approximate surface area is 117 Å². The Hall–Kier alpha value is -1.74. The van der Waals surface area contributed by atoms with E-state index in [0.717, 1.165) is 10.6 Å². The molecular formula is C16H15NOS. The number of amides is 1. The second kappa shape index (κ2) is 5.10. The molecule has 1 aliphatic rings. The average Bonchev–Trinajstić information content (AvgIpc) is 2.57. The van der Waals surface area contributed by atoms with E-state index in [4.69, 9.17) is 0 Å². The van der Waals surface area contributed by atoms with Crippen molar-refractivity contribution in [3.05, 3.63) is 59.7 Å². The van der Waals surface area contributed by atoms with E-state index in [1.54, 1.807) is 11.8 Å². The molecule has 3 heteroatoms. The van der Waals surface area contributed by atoms with Gasteiger partial charge in [-0.1, -0.05) is 42.0 Å². The number of anilines is 1. The van der Waals surface area contributed by atoms with Gasteiger partial charge in [-0.2, -0.15) is 0 Å². The summed E-state index contributed by atoms with van der Waals surface area (Å²) in [6.07, 6.45) is 0.516. The predicted molar refractivity (Wildman–Crippen MR) is 79.5 cm³/mol. The first-order valence-electron chi connectivity index (χ1n) is 6.34. The predicted octanol–water partition coefficient (Wildman–Crippen LogP) is 4.17. The fourth-order valence-corrected chi connectivity index (χ4v) is 3.44. The van der Waals surface area contributed by atoms with Crippen LogP contribution in [0.4, 0.5) is 5.69 Å². The first kappa shape index (κ1) is 12.3. The molecule has 0 radical (unpaired) electrons. The van der Waals surface area contributed by atoms with Crippen molar-refractivity contribution in [1.29, 1.82) is 0 Å². The summed E-state index contributed by atoms with van der Waals surface area (Å²) < 4.78 is 0. The van der Waals surface area contributed by atoms with Crippen molar-refractivity contribution in [3.63, 3.8) is 0 Å². The number of para-hydroxylation sites is 1. The maximum Gasteiger partial charge on any atom is 0.225 e.